The number of imidazole rings is 2. The molecule has 29 heavy (non-hydrogen) atoms. The number of carbonyl (C=O) groups is 1. The average Bonchev–Trinajstić information content (AvgIpc) is 3.35. The van der Waals surface area contributed by atoms with Gasteiger partial charge in [0, 0.05) is 0 Å². The maximum absolute atomic E-state index is 13.9. The zero-order chi connectivity index (χ0) is 19.8. The molecule has 142 valence electrons. The first-order chi connectivity index (χ1) is 14.1. The summed E-state index contributed by atoms with van der Waals surface area (Å²) in [4.78, 5) is 13.9. The van der Waals surface area contributed by atoms with E-state index in [1.807, 2.05) is 99.5 Å². The Morgan fingerprint density at radius 2 is 1.31 bits per heavy atom. The minimum atomic E-state index is -1.98. The molecule has 0 fully saturated rings. The van der Waals surface area contributed by atoms with Crippen LogP contribution in [-0.2, 0) is 18.7 Å². The Morgan fingerprint density at radius 3 is 1.97 bits per heavy atom. The second kappa shape index (κ2) is 5.29. The molecule has 6 nitrogen and oxygen atoms in total. The summed E-state index contributed by atoms with van der Waals surface area (Å²) in [6.07, 6.45) is 6.13. The highest BCUT2D eigenvalue weighted by molar-refractivity contribution is 7.19. The lowest BCUT2D eigenvalue weighted by molar-refractivity contribution is -0.591. The molecule has 0 unspecified atom stereocenters. The predicted octanol–water partition coefficient (Wildman–Crippen LogP) is -1.30. The van der Waals surface area contributed by atoms with Crippen molar-refractivity contribution in [2.75, 3.05) is 0 Å². The molecule has 3 aliphatic rings. The Labute approximate surface area is 168 Å². The van der Waals surface area contributed by atoms with Gasteiger partial charge in [0.1, 0.15) is 23.8 Å². The third-order valence-corrected chi connectivity index (χ3v) is 6.85. The number of hydrogen-bond donors (Lipinski definition) is 0. The molecule has 2 bridgehead atoms. The lowest BCUT2D eigenvalue weighted by Crippen LogP contribution is -3.09. The van der Waals surface area contributed by atoms with Gasteiger partial charge in [0.15, 0.2) is 5.87 Å². The fraction of sp³-hybridized carbons (Fsp3) is 0.0952. The largest absolute Gasteiger partial charge is 0.668 e. The van der Waals surface area contributed by atoms with Gasteiger partial charge in [-0.3, -0.25) is 9.13 Å². The summed E-state index contributed by atoms with van der Waals surface area (Å²) < 4.78 is 15.0. The van der Waals surface area contributed by atoms with E-state index >= 15 is 0 Å². The molecular formula is C21H20B2N4O2. The molecule has 7 rings (SSSR count). The fourth-order valence-corrected chi connectivity index (χ4v) is 5.75. The fourth-order valence-electron chi connectivity index (χ4n) is 5.75. The summed E-state index contributed by atoms with van der Waals surface area (Å²) in [5.41, 5.74) is 3.87. The normalized spacial score (nSPS) is 24.1. The van der Waals surface area contributed by atoms with Crippen LogP contribution < -0.4 is 31.3 Å². The van der Waals surface area contributed by atoms with E-state index in [0.29, 0.717) is 0 Å². The molecule has 3 aliphatic heterocycles. The average molecular weight is 382 g/mol. The third-order valence-electron chi connectivity index (χ3n) is 6.85. The highest BCUT2D eigenvalue weighted by Gasteiger charge is 2.68. The number of carbonyl (C=O) groups excluding carboxylic acids is 1. The molecular weight excluding hydrogens is 362 g/mol. The van der Waals surface area contributed by atoms with Gasteiger partial charge in [-0.25, -0.2) is 0 Å². The van der Waals surface area contributed by atoms with Crippen molar-refractivity contribution in [1.82, 2.24) is 9.13 Å². The SMILES string of the molecule is Cn1cc[n+]2c1[B@@-]1(c3ccccc3)C(=O)O[B@-]2(c2ccccc2)c2n(C)cc[n+]21. The number of aryl methyl sites for hydroxylation is 2. The number of benzene rings is 2. The van der Waals surface area contributed by atoms with Crippen molar-refractivity contribution < 1.29 is 18.4 Å². The molecule has 8 heteroatoms. The van der Waals surface area contributed by atoms with Gasteiger partial charge < -0.3 is 18.4 Å². The predicted molar refractivity (Wildman–Crippen MR) is 111 cm³/mol. The van der Waals surface area contributed by atoms with Crippen LogP contribution in [0.15, 0.2) is 85.5 Å². The third kappa shape index (κ3) is 1.69. The lowest BCUT2D eigenvalue weighted by Gasteiger charge is -2.55. The topological polar surface area (TPSA) is 43.9 Å². The standard InChI is InChI=1S/C21H20B2N4O2/c1-24-14-16-27-19(24)22(17-9-5-3-6-10-17)21(28)29-23(27,18-11-7-4-8-12-18)20-25(2)13-15-26(20)22/h3-16H,1-2H3/t22-,23+/m0/s1. The molecule has 0 saturated carbocycles. The van der Waals surface area contributed by atoms with Crippen molar-refractivity contribution in [2.24, 2.45) is 14.1 Å². The molecule has 0 saturated heterocycles. The summed E-state index contributed by atoms with van der Waals surface area (Å²) in [5, 5.41) is 0. The Morgan fingerprint density at radius 1 is 0.759 bits per heavy atom. The zero-order valence-electron chi connectivity index (χ0n) is 16.3. The van der Waals surface area contributed by atoms with Crippen molar-refractivity contribution in [3.63, 3.8) is 0 Å². The van der Waals surface area contributed by atoms with E-state index in [4.69, 9.17) is 4.65 Å². The van der Waals surface area contributed by atoms with Gasteiger partial charge in [0.25, 0.3) is 0 Å². The van der Waals surface area contributed by atoms with Gasteiger partial charge in [0.05, 0.1) is 26.5 Å². The Bertz CT molecular complexity index is 1280. The Hall–Kier alpha value is -3.54. The number of fused-ring (bicyclic) bond motifs is 1. The molecule has 0 spiro atoms. The summed E-state index contributed by atoms with van der Waals surface area (Å²) in [5.74, 6) is -0.189. The van der Waals surface area contributed by atoms with Crippen LogP contribution >= 0.6 is 0 Å². The molecule has 2 aromatic heterocycles. The molecule has 4 aromatic rings. The second-order valence-electron chi connectivity index (χ2n) is 8.17. The van der Waals surface area contributed by atoms with Crippen molar-refractivity contribution in [1.29, 1.82) is 0 Å². The van der Waals surface area contributed by atoms with E-state index in [1.165, 1.54) is 0 Å². The van der Waals surface area contributed by atoms with Gasteiger partial charge >= 0.3 is 12.8 Å². The van der Waals surface area contributed by atoms with E-state index in [1.54, 1.807) is 0 Å². The van der Waals surface area contributed by atoms with Crippen molar-refractivity contribution in [2.45, 2.75) is 0 Å². The molecule has 5 heterocycles. The van der Waals surface area contributed by atoms with Gasteiger partial charge in [0.2, 0.25) is 0 Å². The number of rotatable bonds is 2. The number of aromatic nitrogens is 4. The maximum atomic E-state index is 13.9. The van der Waals surface area contributed by atoms with Crippen LogP contribution in [0.5, 0.6) is 0 Å². The highest BCUT2D eigenvalue weighted by atomic mass is 16.5. The van der Waals surface area contributed by atoms with Gasteiger partial charge in [-0.1, -0.05) is 60.7 Å². The van der Waals surface area contributed by atoms with Gasteiger partial charge in [-0.05, 0) is 0 Å². The first-order valence-corrected chi connectivity index (χ1v) is 9.91. The highest BCUT2D eigenvalue weighted by Crippen LogP contribution is 2.19. The monoisotopic (exact) mass is 382 g/mol. The summed E-state index contributed by atoms with van der Waals surface area (Å²) >= 11 is 0. The number of hydrogen-bond acceptors (Lipinski definition) is 2. The lowest BCUT2D eigenvalue weighted by atomic mass is 9.23. The van der Waals surface area contributed by atoms with E-state index in [2.05, 4.69) is 18.1 Å². The Balaban J connectivity index is 1.83. The van der Waals surface area contributed by atoms with Crippen LogP contribution in [0.1, 0.15) is 0 Å². The molecule has 0 N–H and O–H groups in total. The quantitative estimate of drug-likeness (QED) is 0.405. The van der Waals surface area contributed by atoms with Crippen LogP contribution in [0.4, 0.5) is 4.79 Å². The smallest absolute Gasteiger partial charge is 0.493 e. The van der Waals surface area contributed by atoms with Crippen LogP contribution in [0, 0.1) is 0 Å². The minimum absolute atomic E-state index is 0.189. The van der Waals surface area contributed by atoms with Gasteiger partial charge in [-0.2, -0.15) is 0 Å². The van der Waals surface area contributed by atoms with Gasteiger partial charge in [-0.15, -0.1) is 10.9 Å². The van der Waals surface area contributed by atoms with Crippen LogP contribution in [0.25, 0.3) is 0 Å². The first kappa shape index (κ1) is 16.4. The van der Waals surface area contributed by atoms with E-state index in [0.717, 1.165) is 22.4 Å². The molecule has 2 aromatic carbocycles. The second-order valence-corrected chi connectivity index (χ2v) is 8.17. The zero-order valence-corrected chi connectivity index (χ0v) is 16.3. The summed E-state index contributed by atoms with van der Waals surface area (Å²) in [6.45, 7) is -1.94. The molecule has 0 amide bonds. The van der Waals surface area contributed by atoms with Crippen molar-refractivity contribution in [3.8, 4) is 0 Å². The van der Waals surface area contributed by atoms with Crippen LogP contribution in [-0.4, -0.2) is 27.8 Å². The van der Waals surface area contributed by atoms with E-state index in [-0.39, 0.29) is 5.87 Å². The molecule has 2 atom stereocenters. The van der Waals surface area contributed by atoms with E-state index in [9.17, 15) is 4.79 Å². The maximum Gasteiger partial charge on any atom is 0.493 e. The van der Waals surface area contributed by atoms with E-state index < -0.39 is 12.8 Å². The van der Waals surface area contributed by atoms with Crippen LogP contribution in [0.2, 0.25) is 0 Å². The Kier molecular flexibility index (Phi) is 2.99. The summed E-state index contributed by atoms with van der Waals surface area (Å²) in [7, 11) is 4.02. The minimum Gasteiger partial charge on any atom is -0.668 e. The number of nitrogens with zero attached hydrogens (tertiary/aromatic N) is 4. The van der Waals surface area contributed by atoms with Crippen molar-refractivity contribution >= 4 is 41.0 Å². The van der Waals surface area contributed by atoms with Crippen molar-refractivity contribution in [3.05, 3.63) is 85.5 Å². The molecule has 0 aliphatic carbocycles. The van der Waals surface area contributed by atoms with Crippen LogP contribution in [0.3, 0.4) is 0 Å². The summed E-state index contributed by atoms with van der Waals surface area (Å²) in [6, 6.07) is 20.0. The first-order valence-electron chi connectivity index (χ1n) is 9.91. The molecule has 0 radical (unpaired) electrons.